The summed E-state index contributed by atoms with van der Waals surface area (Å²) in [5, 5.41) is 0. The van der Waals surface area contributed by atoms with Crippen LogP contribution in [0.5, 0.6) is 0 Å². The molecule has 1 fully saturated rings. The van der Waals surface area contributed by atoms with Crippen LogP contribution in [0.4, 0.5) is 5.69 Å². The van der Waals surface area contributed by atoms with E-state index in [9.17, 15) is 8.42 Å². The number of aryl methyl sites for hydroxylation is 1. The number of nitrogens with zero attached hydrogens (tertiary/aromatic N) is 1. The molecular formula is C14H22N2O3S. The summed E-state index contributed by atoms with van der Waals surface area (Å²) in [6, 6.07) is 3.21. The number of hydrogen-bond donors (Lipinski definition) is 1. The highest BCUT2D eigenvalue weighted by atomic mass is 32.2. The lowest BCUT2D eigenvalue weighted by Crippen LogP contribution is -2.34. The zero-order valence-corrected chi connectivity index (χ0v) is 13.0. The van der Waals surface area contributed by atoms with Crippen molar-refractivity contribution in [2.45, 2.75) is 37.7 Å². The number of ether oxygens (including phenoxy) is 1. The number of rotatable bonds is 4. The maximum absolute atomic E-state index is 12.6. The Morgan fingerprint density at radius 1 is 1.40 bits per heavy atom. The molecule has 0 spiro atoms. The Morgan fingerprint density at radius 2 is 2.10 bits per heavy atom. The van der Waals surface area contributed by atoms with E-state index < -0.39 is 10.0 Å². The molecule has 112 valence electrons. The molecule has 1 saturated heterocycles. The number of nitrogen functional groups attached to an aromatic ring is 1. The first kappa shape index (κ1) is 15.3. The Kier molecular flexibility index (Phi) is 4.36. The quantitative estimate of drug-likeness (QED) is 0.859. The summed E-state index contributed by atoms with van der Waals surface area (Å²) in [6.45, 7) is 4.85. The second-order valence-corrected chi connectivity index (χ2v) is 7.42. The number of benzene rings is 1. The molecule has 2 N–H and O–H groups in total. The molecule has 1 unspecified atom stereocenters. The van der Waals surface area contributed by atoms with Crippen LogP contribution in [-0.2, 0) is 14.8 Å². The van der Waals surface area contributed by atoms with Gasteiger partial charge in [-0.25, -0.2) is 8.42 Å². The summed E-state index contributed by atoms with van der Waals surface area (Å²) in [5.41, 5.74) is 8.19. The summed E-state index contributed by atoms with van der Waals surface area (Å²) in [7, 11) is -1.93. The fourth-order valence-corrected chi connectivity index (χ4v) is 3.68. The smallest absolute Gasteiger partial charge is 0.242 e. The number of likely N-dealkylation sites (N-methyl/N-ethyl adjacent to an activating group) is 1. The van der Waals surface area contributed by atoms with Gasteiger partial charge < -0.3 is 10.5 Å². The van der Waals surface area contributed by atoms with E-state index in [0.717, 1.165) is 30.6 Å². The van der Waals surface area contributed by atoms with Crippen molar-refractivity contribution in [3.63, 3.8) is 0 Å². The second kappa shape index (κ2) is 5.71. The van der Waals surface area contributed by atoms with Crippen molar-refractivity contribution in [2.24, 2.45) is 0 Å². The molecule has 1 aromatic carbocycles. The number of nitrogens with two attached hydrogens (primary N) is 1. The molecule has 0 radical (unpaired) electrons. The van der Waals surface area contributed by atoms with Crippen LogP contribution in [0.1, 0.15) is 24.0 Å². The summed E-state index contributed by atoms with van der Waals surface area (Å²) < 4.78 is 31.9. The minimum Gasteiger partial charge on any atom is -0.398 e. The SMILES string of the molecule is Cc1cc(S(=O)(=O)N(C)CC2CCCO2)cc(N)c1C. The lowest BCUT2D eigenvalue weighted by atomic mass is 10.1. The van der Waals surface area contributed by atoms with Gasteiger partial charge in [-0.15, -0.1) is 0 Å². The Hall–Kier alpha value is -1.11. The summed E-state index contributed by atoms with van der Waals surface area (Å²) in [6.07, 6.45) is 1.91. The van der Waals surface area contributed by atoms with E-state index >= 15 is 0 Å². The molecule has 0 bridgehead atoms. The van der Waals surface area contributed by atoms with Gasteiger partial charge in [-0.2, -0.15) is 4.31 Å². The molecular weight excluding hydrogens is 276 g/mol. The molecule has 1 aromatic rings. The van der Waals surface area contributed by atoms with E-state index in [0.29, 0.717) is 12.2 Å². The average Bonchev–Trinajstić information content (AvgIpc) is 2.88. The van der Waals surface area contributed by atoms with Gasteiger partial charge in [0.25, 0.3) is 0 Å². The molecule has 6 heteroatoms. The first-order valence-electron chi connectivity index (χ1n) is 6.77. The lowest BCUT2D eigenvalue weighted by Gasteiger charge is -2.21. The molecule has 2 rings (SSSR count). The van der Waals surface area contributed by atoms with Gasteiger partial charge in [0.05, 0.1) is 11.0 Å². The molecule has 20 heavy (non-hydrogen) atoms. The third kappa shape index (κ3) is 2.97. The molecule has 1 aliphatic heterocycles. The van der Waals surface area contributed by atoms with Gasteiger partial charge in [0, 0.05) is 25.9 Å². The van der Waals surface area contributed by atoms with Crippen LogP contribution in [0.3, 0.4) is 0 Å². The molecule has 0 aliphatic carbocycles. The third-order valence-electron chi connectivity index (χ3n) is 3.87. The van der Waals surface area contributed by atoms with E-state index in [1.807, 2.05) is 13.8 Å². The van der Waals surface area contributed by atoms with Crippen LogP contribution in [0.15, 0.2) is 17.0 Å². The lowest BCUT2D eigenvalue weighted by molar-refractivity contribution is 0.0979. The van der Waals surface area contributed by atoms with E-state index in [1.165, 1.54) is 10.4 Å². The highest BCUT2D eigenvalue weighted by Crippen LogP contribution is 2.24. The molecule has 1 heterocycles. The van der Waals surface area contributed by atoms with Crippen molar-refractivity contribution in [3.05, 3.63) is 23.3 Å². The van der Waals surface area contributed by atoms with Gasteiger partial charge in [0.1, 0.15) is 0 Å². The van der Waals surface area contributed by atoms with Gasteiger partial charge in [-0.1, -0.05) is 0 Å². The minimum absolute atomic E-state index is 0.00123. The van der Waals surface area contributed by atoms with Crippen LogP contribution in [-0.4, -0.2) is 39.0 Å². The standard InChI is InChI=1S/C14H22N2O3S/c1-10-7-13(8-14(15)11(10)2)20(17,18)16(3)9-12-5-4-6-19-12/h7-8,12H,4-6,9,15H2,1-3H3. The van der Waals surface area contributed by atoms with Crippen molar-refractivity contribution >= 4 is 15.7 Å². The average molecular weight is 298 g/mol. The topological polar surface area (TPSA) is 72.6 Å². The summed E-state index contributed by atoms with van der Waals surface area (Å²) >= 11 is 0. The van der Waals surface area contributed by atoms with Crippen molar-refractivity contribution in [3.8, 4) is 0 Å². The van der Waals surface area contributed by atoms with Crippen molar-refractivity contribution in [1.29, 1.82) is 0 Å². The van der Waals surface area contributed by atoms with Gasteiger partial charge in [0.15, 0.2) is 0 Å². The predicted octanol–water partition coefficient (Wildman–Crippen LogP) is 1.69. The molecule has 1 atom stereocenters. The predicted molar refractivity (Wildman–Crippen MR) is 79.1 cm³/mol. The van der Waals surface area contributed by atoms with Gasteiger partial charge in [-0.05, 0) is 49.9 Å². The highest BCUT2D eigenvalue weighted by Gasteiger charge is 2.26. The summed E-state index contributed by atoms with van der Waals surface area (Å²) in [4.78, 5) is 0.249. The minimum atomic E-state index is -3.51. The van der Waals surface area contributed by atoms with E-state index in [4.69, 9.17) is 10.5 Å². The van der Waals surface area contributed by atoms with Crippen molar-refractivity contribution in [2.75, 3.05) is 25.9 Å². The molecule has 0 amide bonds. The van der Waals surface area contributed by atoms with Gasteiger partial charge in [-0.3, -0.25) is 0 Å². The molecule has 5 nitrogen and oxygen atoms in total. The number of sulfonamides is 1. The largest absolute Gasteiger partial charge is 0.398 e. The molecule has 1 aliphatic rings. The van der Waals surface area contributed by atoms with E-state index in [-0.39, 0.29) is 11.0 Å². The van der Waals surface area contributed by atoms with Crippen LogP contribution in [0.25, 0.3) is 0 Å². The van der Waals surface area contributed by atoms with Crippen molar-refractivity contribution < 1.29 is 13.2 Å². The number of anilines is 1. The fraction of sp³-hybridized carbons (Fsp3) is 0.571. The Labute approximate surface area is 120 Å². The Balaban J connectivity index is 2.25. The highest BCUT2D eigenvalue weighted by molar-refractivity contribution is 7.89. The first-order chi connectivity index (χ1) is 9.32. The second-order valence-electron chi connectivity index (χ2n) is 5.37. The van der Waals surface area contributed by atoms with E-state index in [1.54, 1.807) is 13.1 Å². The van der Waals surface area contributed by atoms with Crippen LogP contribution >= 0.6 is 0 Å². The Bertz CT molecular complexity index is 569. The normalized spacial score (nSPS) is 19.7. The maximum atomic E-state index is 12.6. The van der Waals surface area contributed by atoms with E-state index in [2.05, 4.69) is 0 Å². The van der Waals surface area contributed by atoms with Crippen LogP contribution < -0.4 is 5.73 Å². The van der Waals surface area contributed by atoms with Crippen molar-refractivity contribution in [1.82, 2.24) is 4.31 Å². The molecule has 0 aromatic heterocycles. The zero-order valence-electron chi connectivity index (χ0n) is 12.2. The van der Waals surface area contributed by atoms with Gasteiger partial charge in [0.2, 0.25) is 10.0 Å². The molecule has 0 saturated carbocycles. The zero-order chi connectivity index (χ0) is 14.9. The fourth-order valence-electron chi connectivity index (χ4n) is 2.35. The van der Waals surface area contributed by atoms with Crippen LogP contribution in [0, 0.1) is 13.8 Å². The monoisotopic (exact) mass is 298 g/mol. The maximum Gasteiger partial charge on any atom is 0.242 e. The van der Waals surface area contributed by atoms with Gasteiger partial charge >= 0.3 is 0 Å². The third-order valence-corrected chi connectivity index (χ3v) is 5.68. The van der Waals surface area contributed by atoms with Crippen LogP contribution in [0.2, 0.25) is 0 Å². The first-order valence-corrected chi connectivity index (χ1v) is 8.21. The number of hydrogen-bond acceptors (Lipinski definition) is 4. The summed E-state index contributed by atoms with van der Waals surface area (Å²) in [5.74, 6) is 0. The Morgan fingerprint density at radius 3 is 2.65 bits per heavy atom.